The van der Waals surface area contributed by atoms with Crippen LogP contribution in [0.15, 0.2) is 36.4 Å². The monoisotopic (exact) mass is 423 g/mol. The number of amides is 2. The highest BCUT2D eigenvalue weighted by atomic mass is 35.5. The van der Waals surface area contributed by atoms with Crippen LogP contribution in [-0.4, -0.2) is 25.0 Å². The van der Waals surface area contributed by atoms with Gasteiger partial charge >= 0.3 is 0 Å². The Morgan fingerprint density at radius 3 is 2.39 bits per heavy atom. The molecule has 2 amide bonds. The first kappa shape index (κ1) is 21.9. The zero-order valence-corrected chi connectivity index (χ0v) is 17.6. The van der Waals surface area contributed by atoms with Crippen LogP contribution in [0.1, 0.15) is 32.4 Å². The SMILES string of the molecule is COc1ccc(NC(C)=O)cc1N[C@H](C)C(=O)N[C@@H](C)c1ccc(Cl)cc1Cl. The number of ether oxygens (including phenoxy) is 1. The molecule has 0 saturated carbocycles. The van der Waals surface area contributed by atoms with Gasteiger partial charge in [-0.2, -0.15) is 0 Å². The van der Waals surface area contributed by atoms with Crippen molar-refractivity contribution in [2.24, 2.45) is 0 Å². The minimum atomic E-state index is -0.560. The first-order valence-corrected chi connectivity index (χ1v) is 9.44. The van der Waals surface area contributed by atoms with Crippen LogP contribution in [0.3, 0.4) is 0 Å². The van der Waals surface area contributed by atoms with Crippen molar-refractivity contribution in [1.29, 1.82) is 0 Å². The van der Waals surface area contributed by atoms with Gasteiger partial charge in [0.1, 0.15) is 11.8 Å². The Balaban J connectivity index is 2.10. The molecule has 0 aromatic heterocycles. The predicted octanol–water partition coefficient (Wildman–Crippen LogP) is 4.64. The molecule has 0 radical (unpaired) electrons. The van der Waals surface area contributed by atoms with E-state index in [4.69, 9.17) is 27.9 Å². The molecule has 0 spiro atoms. The van der Waals surface area contributed by atoms with Crippen molar-refractivity contribution in [3.63, 3.8) is 0 Å². The molecular formula is C20H23Cl2N3O3. The van der Waals surface area contributed by atoms with Crippen LogP contribution < -0.4 is 20.7 Å². The van der Waals surface area contributed by atoms with Crippen LogP contribution in [-0.2, 0) is 9.59 Å². The number of nitrogens with one attached hydrogen (secondary N) is 3. The van der Waals surface area contributed by atoms with Crippen LogP contribution in [0.4, 0.5) is 11.4 Å². The Morgan fingerprint density at radius 1 is 1.07 bits per heavy atom. The summed E-state index contributed by atoms with van der Waals surface area (Å²) in [6.45, 7) is 5.00. The van der Waals surface area contributed by atoms with E-state index in [1.165, 1.54) is 14.0 Å². The average Bonchev–Trinajstić information content (AvgIpc) is 2.61. The van der Waals surface area contributed by atoms with Crippen molar-refractivity contribution in [1.82, 2.24) is 5.32 Å². The number of methoxy groups -OCH3 is 1. The van der Waals surface area contributed by atoms with Crippen molar-refractivity contribution < 1.29 is 14.3 Å². The molecule has 150 valence electrons. The summed E-state index contributed by atoms with van der Waals surface area (Å²) in [6.07, 6.45) is 0. The molecule has 8 heteroatoms. The van der Waals surface area contributed by atoms with Crippen molar-refractivity contribution in [3.8, 4) is 5.75 Å². The van der Waals surface area contributed by atoms with Gasteiger partial charge in [0.25, 0.3) is 0 Å². The fourth-order valence-corrected chi connectivity index (χ4v) is 3.24. The predicted molar refractivity (Wildman–Crippen MR) is 113 cm³/mol. The fourth-order valence-electron chi connectivity index (χ4n) is 2.67. The third-order valence-electron chi connectivity index (χ3n) is 4.07. The molecule has 3 N–H and O–H groups in total. The number of halogens is 2. The van der Waals surface area contributed by atoms with E-state index in [-0.39, 0.29) is 17.9 Å². The van der Waals surface area contributed by atoms with E-state index in [2.05, 4.69) is 16.0 Å². The Bertz CT molecular complexity index is 874. The lowest BCUT2D eigenvalue weighted by Gasteiger charge is -2.21. The summed E-state index contributed by atoms with van der Waals surface area (Å²) in [5.74, 6) is 0.156. The van der Waals surface area contributed by atoms with E-state index in [9.17, 15) is 9.59 Å². The molecule has 0 aliphatic heterocycles. The van der Waals surface area contributed by atoms with Gasteiger partial charge in [-0.3, -0.25) is 9.59 Å². The van der Waals surface area contributed by atoms with Crippen LogP contribution >= 0.6 is 23.2 Å². The number of anilines is 2. The lowest BCUT2D eigenvalue weighted by Crippen LogP contribution is -2.39. The minimum Gasteiger partial charge on any atom is -0.495 e. The Kier molecular flexibility index (Phi) is 7.54. The zero-order chi connectivity index (χ0) is 20.8. The van der Waals surface area contributed by atoms with Gasteiger partial charge in [-0.25, -0.2) is 0 Å². The summed E-state index contributed by atoms with van der Waals surface area (Å²) in [4.78, 5) is 23.9. The summed E-state index contributed by atoms with van der Waals surface area (Å²) in [7, 11) is 1.54. The van der Waals surface area contributed by atoms with E-state index < -0.39 is 6.04 Å². The molecule has 0 unspecified atom stereocenters. The van der Waals surface area contributed by atoms with Crippen LogP contribution in [0, 0.1) is 0 Å². The number of hydrogen-bond donors (Lipinski definition) is 3. The normalized spacial score (nSPS) is 12.6. The van der Waals surface area contributed by atoms with Gasteiger partial charge in [0.05, 0.1) is 18.8 Å². The van der Waals surface area contributed by atoms with Crippen molar-refractivity contribution in [3.05, 3.63) is 52.0 Å². The molecule has 2 atom stereocenters. The van der Waals surface area contributed by atoms with Gasteiger partial charge in [0.2, 0.25) is 11.8 Å². The number of carbonyl (C=O) groups is 2. The first-order valence-electron chi connectivity index (χ1n) is 8.68. The molecule has 28 heavy (non-hydrogen) atoms. The highest BCUT2D eigenvalue weighted by molar-refractivity contribution is 6.35. The number of rotatable bonds is 7. The number of hydrogen-bond acceptors (Lipinski definition) is 4. The zero-order valence-electron chi connectivity index (χ0n) is 16.1. The third-order valence-corrected chi connectivity index (χ3v) is 4.64. The minimum absolute atomic E-state index is 0.185. The van der Waals surface area contributed by atoms with Crippen molar-refractivity contribution in [2.75, 3.05) is 17.7 Å². The summed E-state index contributed by atoms with van der Waals surface area (Å²) in [5.41, 5.74) is 1.97. The number of benzene rings is 2. The van der Waals surface area contributed by atoms with Gasteiger partial charge in [0.15, 0.2) is 0 Å². The second-order valence-corrected chi connectivity index (χ2v) is 7.20. The molecule has 2 aromatic carbocycles. The van der Waals surface area contributed by atoms with Crippen LogP contribution in [0.5, 0.6) is 5.75 Å². The quantitative estimate of drug-likeness (QED) is 0.605. The molecular weight excluding hydrogens is 401 g/mol. The van der Waals surface area contributed by atoms with E-state index in [0.29, 0.717) is 27.2 Å². The second-order valence-electron chi connectivity index (χ2n) is 6.36. The Hall–Kier alpha value is -2.44. The first-order chi connectivity index (χ1) is 13.2. The topological polar surface area (TPSA) is 79.5 Å². The molecule has 2 rings (SSSR count). The van der Waals surface area contributed by atoms with Crippen LogP contribution in [0.25, 0.3) is 0 Å². The summed E-state index contributed by atoms with van der Waals surface area (Å²) in [6, 6.07) is 9.45. The van der Waals surface area contributed by atoms with Gasteiger partial charge in [0, 0.05) is 22.7 Å². The molecule has 6 nitrogen and oxygen atoms in total. The lowest BCUT2D eigenvalue weighted by atomic mass is 10.1. The fraction of sp³-hybridized carbons (Fsp3) is 0.300. The highest BCUT2D eigenvalue weighted by Gasteiger charge is 2.19. The largest absolute Gasteiger partial charge is 0.495 e. The highest BCUT2D eigenvalue weighted by Crippen LogP contribution is 2.29. The molecule has 0 aliphatic carbocycles. The molecule has 0 saturated heterocycles. The van der Waals surface area contributed by atoms with Gasteiger partial charge < -0.3 is 20.7 Å². The van der Waals surface area contributed by atoms with E-state index >= 15 is 0 Å². The molecule has 0 fully saturated rings. The molecule has 0 bridgehead atoms. The lowest BCUT2D eigenvalue weighted by molar-refractivity contribution is -0.122. The summed E-state index contributed by atoms with van der Waals surface area (Å²) >= 11 is 12.1. The standard InChI is InChI=1S/C20H23Cl2N3O3/c1-11(16-7-5-14(21)9-17(16)22)24-20(27)12(2)23-18-10-15(25-13(3)26)6-8-19(18)28-4/h5-12,23H,1-4H3,(H,24,27)(H,25,26)/t11-,12+/m0/s1. The van der Waals surface area contributed by atoms with Gasteiger partial charge in [-0.1, -0.05) is 29.3 Å². The summed E-state index contributed by atoms with van der Waals surface area (Å²) in [5, 5.41) is 9.76. The van der Waals surface area contributed by atoms with E-state index in [0.717, 1.165) is 5.56 Å². The van der Waals surface area contributed by atoms with E-state index in [1.807, 2.05) is 6.92 Å². The molecule has 0 aliphatic rings. The maximum Gasteiger partial charge on any atom is 0.242 e. The maximum atomic E-state index is 12.6. The second kappa shape index (κ2) is 9.66. The maximum absolute atomic E-state index is 12.6. The van der Waals surface area contributed by atoms with Crippen molar-refractivity contribution >= 4 is 46.4 Å². The average molecular weight is 424 g/mol. The smallest absolute Gasteiger partial charge is 0.242 e. The van der Waals surface area contributed by atoms with E-state index in [1.54, 1.807) is 43.3 Å². The Morgan fingerprint density at radius 2 is 1.79 bits per heavy atom. The molecule has 0 heterocycles. The van der Waals surface area contributed by atoms with Crippen molar-refractivity contribution in [2.45, 2.75) is 32.9 Å². The van der Waals surface area contributed by atoms with Gasteiger partial charge in [-0.15, -0.1) is 0 Å². The third kappa shape index (κ3) is 5.78. The summed E-state index contributed by atoms with van der Waals surface area (Å²) < 4.78 is 5.33. The Labute approximate surface area is 174 Å². The number of carbonyl (C=O) groups excluding carboxylic acids is 2. The van der Waals surface area contributed by atoms with Crippen LogP contribution in [0.2, 0.25) is 10.0 Å². The molecule has 2 aromatic rings. The van der Waals surface area contributed by atoms with Gasteiger partial charge in [-0.05, 0) is 49.7 Å².